The highest BCUT2D eigenvalue weighted by atomic mass is 14.9. The van der Waals surface area contributed by atoms with Crippen molar-refractivity contribution in [3.63, 3.8) is 0 Å². The lowest BCUT2D eigenvalue weighted by Crippen LogP contribution is -1.83. The summed E-state index contributed by atoms with van der Waals surface area (Å²) < 4.78 is 2.09. The second-order valence-electron chi connectivity index (χ2n) is 4.15. The van der Waals surface area contributed by atoms with Crippen molar-refractivity contribution < 1.29 is 0 Å². The number of anilines is 1. The monoisotopic (exact) mass is 223 g/mol. The van der Waals surface area contributed by atoms with Crippen molar-refractivity contribution in [3.8, 4) is 11.1 Å². The number of fused-ring (bicyclic) bond motifs is 1. The summed E-state index contributed by atoms with van der Waals surface area (Å²) in [6.07, 6.45) is 3.92. The Labute approximate surface area is 99.5 Å². The lowest BCUT2D eigenvalue weighted by molar-refractivity contribution is 0.969. The van der Waals surface area contributed by atoms with E-state index in [1.165, 1.54) is 0 Å². The number of nitrogen functional groups attached to an aromatic ring is 1. The molecule has 17 heavy (non-hydrogen) atoms. The Morgan fingerprint density at radius 3 is 2.65 bits per heavy atom. The summed E-state index contributed by atoms with van der Waals surface area (Å²) in [6.45, 7) is 0. The van der Waals surface area contributed by atoms with Crippen LogP contribution in [0.4, 0.5) is 5.69 Å². The van der Waals surface area contributed by atoms with Gasteiger partial charge >= 0.3 is 0 Å². The molecule has 0 fully saturated rings. The van der Waals surface area contributed by atoms with Crippen molar-refractivity contribution >= 4 is 16.7 Å². The summed E-state index contributed by atoms with van der Waals surface area (Å²) >= 11 is 0. The minimum Gasteiger partial charge on any atom is -0.399 e. The molecule has 2 N–H and O–H groups in total. The first kappa shape index (κ1) is 9.90. The third-order valence-corrected chi connectivity index (χ3v) is 2.97. The van der Waals surface area contributed by atoms with E-state index < -0.39 is 0 Å². The van der Waals surface area contributed by atoms with Crippen LogP contribution in [0.3, 0.4) is 0 Å². The Balaban J connectivity index is 2.27. The van der Waals surface area contributed by atoms with Crippen molar-refractivity contribution in [2.75, 3.05) is 5.73 Å². The average Bonchev–Trinajstić information content (AvgIpc) is 2.69. The Hall–Kier alpha value is -2.29. The molecule has 2 heterocycles. The maximum Gasteiger partial charge on any atom is 0.0959 e. The summed E-state index contributed by atoms with van der Waals surface area (Å²) in [4.78, 5) is 4.45. The maximum atomic E-state index is 5.70. The molecule has 0 atom stereocenters. The molecule has 3 heteroatoms. The smallest absolute Gasteiger partial charge is 0.0959 e. The van der Waals surface area contributed by atoms with Crippen LogP contribution < -0.4 is 5.73 Å². The maximum absolute atomic E-state index is 5.70. The van der Waals surface area contributed by atoms with Gasteiger partial charge in [0.05, 0.1) is 11.0 Å². The normalized spacial score (nSPS) is 10.9. The van der Waals surface area contributed by atoms with E-state index in [1.807, 2.05) is 43.6 Å². The van der Waals surface area contributed by atoms with Crippen LogP contribution in [0.2, 0.25) is 0 Å². The second-order valence-corrected chi connectivity index (χ2v) is 4.15. The van der Waals surface area contributed by atoms with Gasteiger partial charge in [-0.05, 0) is 29.8 Å². The molecule has 0 saturated carbocycles. The molecule has 3 rings (SSSR count). The number of pyridine rings is 1. The Bertz CT molecular complexity index is 666. The van der Waals surface area contributed by atoms with E-state index in [9.17, 15) is 0 Å². The van der Waals surface area contributed by atoms with E-state index in [-0.39, 0.29) is 0 Å². The Morgan fingerprint density at radius 2 is 1.88 bits per heavy atom. The molecule has 3 nitrogen and oxygen atoms in total. The van der Waals surface area contributed by atoms with Gasteiger partial charge in [-0.2, -0.15) is 0 Å². The predicted octanol–water partition coefficient (Wildman–Crippen LogP) is 2.82. The average molecular weight is 223 g/mol. The van der Waals surface area contributed by atoms with Crippen LogP contribution in [-0.2, 0) is 7.05 Å². The highest BCUT2D eigenvalue weighted by Gasteiger charge is 2.08. The summed E-state index contributed by atoms with van der Waals surface area (Å²) in [5, 5.41) is 0. The molecule has 0 bridgehead atoms. The Morgan fingerprint density at radius 1 is 1.12 bits per heavy atom. The quantitative estimate of drug-likeness (QED) is 0.645. The van der Waals surface area contributed by atoms with Crippen molar-refractivity contribution in [3.05, 3.63) is 48.8 Å². The topological polar surface area (TPSA) is 43.8 Å². The fraction of sp³-hybridized carbons (Fsp3) is 0.0714. The van der Waals surface area contributed by atoms with Gasteiger partial charge in [-0.1, -0.05) is 12.1 Å². The largest absolute Gasteiger partial charge is 0.399 e. The molecule has 0 saturated heterocycles. The molecule has 0 amide bonds. The first-order valence-corrected chi connectivity index (χ1v) is 5.51. The number of rotatable bonds is 1. The van der Waals surface area contributed by atoms with Gasteiger partial charge in [0.15, 0.2) is 0 Å². The molecule has 3 aromatic rings. The fourth-order valence-electron chi connectivity index (χ4n) is 2.09. The molecule has 0 aliphatic carbocycles. The SMILES string of the molecule is Cn1cc(-c2ccc(N)cc2)c2ncccc21. The third kappa shape index (κ3) is 1.56. The zero-order valence-corrected chi connectivity index (χ0v) is 9.59. The molecule has 0 unspecified atom stereocenters. The van der Waals surface area contributed by atoms with Gasteiger partial charge in [0, 0.05) is 30.7 Å². The zero-order chi connectivity index (χ0) is 11.8. The molecule has 0 spiro atoms. The zero-order valence-electron chi connectivity index (χ0n) is 9.59. The summed E-state index contributed by atoms with van der Waals surface area (Å²) in [5.41, 5.74) is 10.9. The highest BCUT2D eigenvalue weighted by Crippen LogP contribution is 2.28. The van der Waals surface area contributed by atoms with Crippen molar-refractivity contribution in [1.82, 2.24) is 9.55 Å². The number of hydrogen-bond acceptors (Lipinski definition) is 2. The fourth-order valence-corrected chi connectivity index (χ4v) is 2.09. The summed E-state index contributed by atoms with van der Waals surface area (Å²) in [6, 6.07) is 11.9. The first-order valence-electron chi connectivity index (χ1n) is 5.51. The van der Waals surface area contributed by atoms with E-state index in [1.54, 1.807) is 0 Å². The van der Waals surface area contributed by atoms with Gasteiger partial charge in [-0.15, -0.1) is 0 Å². The molecule has 1 aromatic carbocycles. The van der Waals surface area contributed by atoms with Gasteiger partial charge in [0.25, 0.3) is 0 Å². The first-order chi connectivity index (χ1) is 8.25. The molecular formula is C14H13N3. The molecular weight excluding hydrogens is 210 g/mol. The summed E-state index contributed by atoms with van der Waals surface area (Å²) in [5.74, 6) is 0. The van der Waals surface area contributed by atoms with Crippen LogP contribution in [0.5, 0.6) is 0 Å². The minimum absolute atomic E-state index is 0.780. The van der Waals surface area contributed by atoms with Crippen LogP contribution in [-0.4, -0.2) is 9.55 Å². The highest BCUT2D eigenvalue weighted by molar-refractivity contribution is 5.92. The standard InChI is InChI=1S/C14H13N3/c1-17-9-12(10-4-6-11(15)7-5-10)14-13(17)3-2-8-16-14/h2-9H,15H2,1H3. The predicted molar refractivity (Wildman–Crippen MR) is 70.6 cm³/mol. The number of hydrogen-bond donors (Lipinski definition) is 1. The molecule has 84 valence electrons. The van der Waals surface area contributed by atoms with E-state index in [4.69, 9.17) is 5.73 Å². The minimum atomic E-state index is 0.780. The van der Waals surface area contributed by atoms with Gasteiger partial charge in [-0.3, -0.25) is 4.98 Å². The van der Waals surface area contributed by atoms with E-state index >= 15 is 0 Å². The number of nitrogens with two attached hydrogens (primary N) is 1. The number of aryl methyl sites for hydroxylation is 1. The third-order valence-electron chi connectivity index (χ3n) is 2.97. The van der Waals surface area contributed by atoms with Gasteiger partial charge in [-0.25, -0.2) is 0 Å². The van der Waals surface area contributed by atoms with Crippen LogP contribution >= 0.6 is 0 Å². The second kappa shape index (κ2) is 3.63. The van der Waals surface area contributed by atoms with Crippen LogP contribution in [0, 0.1) is 0 Å². The number of nitrogens with zero attached hydrogens (tertiary/aromatic N) is 2. The number of benzene rings is 1. The lowest BCUT2D eigenvalue weighted by Gasteiger charge is -1.99. The molecule has 0 radical (unpaired) electrons. The van der Waals surface area contributed by atoms with E-state index in [2.05, 4.69) is 21.8 Å². The lowest BCUT2D eigenvalue weighted by atomic mass is 10.1. The number of aromatic nitrogens is 2. The molecule has 0 aliphatic rings. The van der Waals surface area contributed by atoms with Crippen LogP contribution in [0.25, 0.3) is 22.2 Å². The van der Waals surface area contributed by atoms with E-state index in [0.717, 1.165) is 27.8 Å². The van der Waals surface area contributed by atoms with Gasteiger partial charge < -0.3 is 10.3 Å². The molecule has 0 aliphatic heterocycles. The van der Waals surface area contributed by atoms with Crippen LogP contribution in [0.15, 0.2) is 48.8 Å². The Kier molecular flexibility index (Phi) is 2.11. The van der Waals surface area contributed by atoms with E-state index in [0.29, 0.717) is 0 Å². The molecule has 2 aromatic heterocycles. The van der Waals surface area contributed by atoms with Gasteiger partial charge in [0.2, 0.25) is 0 Å². The van der Waals surface area contributed by atoms with Crippen molar-refractivity contribution in [2.45, 2.75) is 0 Å². The van der Waals surface area contributed by atoms with Crippen molar-refractivity contribution in [2.24, 2.45) is 7.05 Å². The summed E-state index contributed by atoms with van der Waals surface area (Å²) in [7, 11) is 2.03. The van der Waals surface area contributed by atoms with Crippen LogP contribution in [0.1, 0.15) is 0 Å². The van der Waals surface area contributed by atoms with Crippen molar-refractivity contribution in [1.29, 1.82) is 0 Å². The van der Waals surface area contributed by atoms with Gasteiger partial charge in [0.1, 0.15) is 0 Å².